The summed E-state index contributed by atoms with van der Waals surface area (Å²) in [5.74, 6) is 0.570. The molecule has 0 heterocycles. The Hall–Kier alpha value is -0.910. The second kappa shape index (κ2) is 7.03. The third kappa shape index (κ3) is 4.60. The largest absolute Gasteiger partial charge is 0.318 e. The summed E-state index contributed by atoms with van der Waals surface area (Å²) >= 11 is 0. The lowest BCUT2D eigenvalue weighted by Crippen LogP contribution is -2.32. The first kappa shape index (κ1) is 16.1. The molecule has 0 bridgehead atoms. The Balaban J connectivity index is 2.84. The summed E-state index contributed by atoms with van der Waals surface area (Å²) in [7, 11) is 0.0494. The first-order chi connectivity index (χ1) is 8.87. The molecular formula is C14H24N2O2S. The Kier molecular flexibility index (Phi) is 5.97. The van der Waals surface area contributed by atoms with Crippen molar-refractivity contribution in [3.05, 3.63) is 29.8 Å². The van der Waals surface area contributed by atoms with Crippen molar-refractivity contribution >= 4 is 10.0 Å². The number of rotatable bonds is 7. The Labute approximate surface area is 116 Å². The molecule has 1 aromatic carbocycles. The van der Waals surface area contributed by atoms with Crippen molar-refractivity contribution in [2.45, 2.75) is 25.2 Å². The predicted octanol–water partition coefficient (Wildman–Crippen LogP) is 1.72. The molecule has 0 unspecified atom stereocenters. The molecule has 0 saturated carbocycles. The Morgan fingerprint density at radius 3 is 2.26 bits per heavy atom. The van der Waals surface area contributed by atoms with Crippen molar-refractivity contribution in [2.75, 3.05) is 27.2 Å². The van der Waals surface area contributed by atoms with E-state index in [0.717, 1.165) is 6.42 Å². The van der Waals surface area contributed by atoms with Crippen molar-refractivity contribution in [2.24, 2.45) is 5.92 Å². The van der Waals surface area contributed by atoms with Crippen LogP contribution in [0.4, 0.5) is 0 Å². The van der Waals surface area contributed by atoms with Gasteiger partial charge in [-0.15, -0.1) is 0 Å². The second-order valence-corrected chi connectivity index (χ2v) is 7.22. The van der Waals surface area contributed by atoms with Gasteiger partial charge in [0.05, 0.1) is 4.90 Å². The molecule has 1 N–H and O–H groups in total. The van der Waals surface area contributed by atoms with Gasteiger partial charge in [-0.05, 0) is 37.1 Å². The molecule has 0 amide bonds. The maximum atomic E-state index is 12.3. The molecule has 1 rings (SSSR count). The molecule has 0 aliphatic carbocycles. The minimum atomic E-state index is -3.36. The molecule has 0 aromatic heterocycles. The standard InChI is InChI=1S/C14H24N2O2S/c1-12(2)11-13-5-7-14(8-6-13)19(17,18)16(4)10-9-15-3/h5-8,12,15H,9-11H2,1-4H3. The van der Waals surface area contributed by atoms with Crippen LogP contribution in [0.25, 0.3) is 0 Å². The highest BCUT2D eigenvalue weighted by molar-refractivity contribution is 7.89. The van der Waals surface area contributed by atoms with Crippen LogP contribution in [-0.2, 0) is 16.4 Å². The van der Waals surface area contributed by atoms with Crippen LogP contribution >= 0.6 is 0 Å². The van der Waals surface area contributed by atoms with Gasteiger partial charge in [-0.25, -0.2) is 8.42 Å². The summed E-state index contributed by atoms with van der Waals surface area (Å²) in [6, 6.07) is 7.20. The number of sulfonamides is 1. The third-order valence-electron chi connectivity index (χ3n) is 2.95. The van der Waals surface area contributed by atoms with Crippen LogP contribution in [-0.4, -0.2) is 39.9 Å². The van der Waals surface area contributed by atoms with Gasteiger partial charge < -0.3 is 5.32 Å². The van der Waals surface area contributed by atoms with E-state index in [2.05, 4.69) is 19.2 Å². The SMILES string of the molecule is CNCCN(C)S(=O)(=O)c1ccc(CC(C)C)cc1. The van der Waals surface area contributed by atoms with E-state index in [9.17, 15) is 8.42 Å². The van der Waals surface area contributed by atoms with Gasteiger partial charge in [-0.2, -0.15) is 4.31 Å². The summed E-state index contributed by atoms with van der Waals surface area (Å²) in [6.07, 6.45) is 0.968. The van der Waals surface area contributed by atoms with E-state index in [1.807, 2.05) is 12.1 Å². The number of hydrogen-bond donors (Lipinski definition) is 1. The van der Waals surface area contributed by atoms with E-state index in [0.29, 0.717) is 23.9 Å². The van der Waals surface area contributed by atoms with E-state index < -0.39 is 10.0 Å². The Morgan fingerprint density at radius 1 is 1.21 bits per heavy atom. The van der Waals surface area contributed by atoms with Crippen molar-refractivity contribution in [3.8, 4) is 0 Å². The molecule has 5 heteroatoms. The van der Waals surface area contributed by atoms with E-state index in [-0.39, 0.29) is 0 Å². The maximum absolute atomic E-state index is 12.3. The molecule has 4 nitrogen and oxygen atoms in total. The van der Waals surface area contributed by atoms with E-state index in [1.54, 1.807) is 26.2 Å². The molecule has 0 spiro atoms. The molecule has 0 aliphatic rings. The quantitative estimate of drug-likeness (QED) is 0.829. The van der Waals surface area contributed by atoms with Gasteiger partial charge in [0.2, 0.25) is 10.0 Å². The Morgan fingerprint density at radius 2 is 1.79 bits per heavy atom. The number of likely N-dealkylation sites (N-methyl/N-ethyl adjacent to an activating group) is 2. The predicted molar refractivity (Wildman–Crippen MR) is 78.7 cm³/mol. The highest BCUT2D eigenvalue weighted by Gasteiger charge is 2.19. The number of nitrogens with one attached hydrogen (secondary N) is 1. The van der Waals surface area contributed by atoms with Crippen LogP contribution < -0.4 is 5.32 Å². The summed E-state index contributed by atoms with van der Waals surface area (Å²) < 4.78 is 25.9. The molecule has 1 aromatic rings. The summed E-state index contributed by atoms with van der Waals surface area (Å²) in [5.41, 5.74) is 1.17. The van der Waals surface area contributed by atoms with E-state index in [1.165, 1.54) is 9.87 Å². The summed E-state index contributed by atoms with van der Waals surface area (Å²) in [4.78, 5) is 0.360. The second-order valence-electron chi connectivity index (χ2n) is 5.17. The minimum absolute atomic E-state index is 0.360. The fraction of sp³-hybridized carbons (Fsp3) is 0.571. The number of hydrogen-bond acceptors (Lipinski definition) is 3. The molecule has 0 atom stereocenters. The summed E-state index contributed by atoms with van der Waals surface area (Å²) in [6.45, 7) is 5.40. The lowest BCUT2D eigenvalue weighted by atomic mass is 10.0. The van der Waals surface area contributed by atoms with Crippen molar-refractivity contribution < 1.29 is 8.42 Å². The molecule has 0 aliphatic heterocycles. The molecule has 108 valence electrons. The topological polar surface area (TPSA) is 49.4 Å². The van der Waals surface area contributed by atoms with Gasteiger partial charge in [-0.1, -0.05) is 26.0 Å². The average Bonchev–Trinajstić information content (AvgIpc) is 2.35. The van der Waals surface area contributed by atoms with E-state index in [4.69, 9.17) is 0 Å². The lowest BCUT2D eigenvalue weighted by molar-refractivity contribution is 0.466. The highest BCUT2D eigenvalue weighted by atomic mass is 32.2. The van der Waals surface area contributed by atoms with Gasteiger partial charge in [0.25, 0.3) is 0 Å². The fourth-order valence-corrected chi connectivity index (χ4v) is 3.01. The monoisotopic (exact) mass is 284 g/mol. The highest BCUT2D eigenvalue weighted by Crippen LogP contribution is 2.16. The van der Waals surface area contributed by atoms with Crippen LogP contribution in [0.1, 0.15) is 19.4 Å². The zero-order valence-corrected chi connectivity index (χ0v) is 13.0. The molecule has 0 radical (unpaired) electrons. The van der Waals surface area contributed by atoms with Crippen molar-refractivity contribution in [3.63, 3.8) is 0 Å². The normalized spacial score (nSPS) is 12.3. The molecule has 0 fully saturated rings. The molecule has 0 saturated heterocycles. The zero-order chi connectivity index (χ0) is 14.5. The first-order valence-electron chi connectivity index (χ1n) is 6.57. The maximum Gasteiger partial charge on any atom is 0.242 e. The van der Waals surface area contributed by atoms with Crippen LogP contribution in [0.3, 0.4) is 0 Å². The van der Waals surface area contributed by atoms with Gasteiger partial charge in [0.1, 0.15) is 0 Å². The third-order valence-corrected chi connectivity index (χ3v) is 4.82. The van der Waals surface area contributed by atoms with Crippen LogP contribution in [0.15, 0.2) is 29.2 Å². The average molecular weight is 284 g/mol. The Bertz CT molecular complexity index is 481. The first-order valence-corrected chi connectivity index (χ1v) is 8.01. The van der Waals surface area contributed by atoms with E-state index >= 15 is 0 Å². The van der Waals surface area contributed by atoms with Gasteiger partial charge in [0.15, 0.2) is 0 Å². The molecular weight excluding hydrogens is 260 g/mol. The van der Waals surface area contributed by atoms with Crippen molar-refractivity contribution in [1.29, 1.82) is 0 Å². The smallest absolute Gasteiger partial charge is 0.242 e. The fourth-order valence-electron chi connectivity index (χ4n) is 1.84. The minimum Gasteiger partial charge on any atom is -0.318 e. The zero-order valence-electron chi connectivity index (χ0n) is 12.2. The van der Waals surface area contributed by atoms with Crippen molar-refractivity contribution in [1.82, 2.24) is 9.62 Å². The van der Waals surface area contributed by atoms with Crippen LogP contribution in [0, 0.1) is 5.92 Å². The number of benzene rings is 1. The van der Waals surface area contributed by atoms with Crippen LogP contribution in [0.2, 0.25) is 0 Å². The van der Waals surface area contributed by atoms with Gasteiger partial charge in [0, 0.05) is 20.1 Å². The van der Waals surface area contributed by atoms with Crippen LogP contribution in [0.5, 0.6) is 0 Å². The van der Waals surface area contributed by atoms with Gasteiger partial charge >= 0.3 is 0 Å². The number of nitrogens with zero attached hydrogens (tertiary/aromatic N) is 1. The lowest BCUT2D eigenvalue weighted by Gasteiger charge is -2.17. The van der Waals surface area contributed by atoms with Gasteiger partial charge in [-0.3, -0.25) is 0 Å². The summed E-state index contributed by atoms with van der Waals surface area (Å²) in [5, 5.41) is 2.95. The molecule has 19 heavy (non-hydrogen) atoms.